The van der Waals surface area contributed by atoms with Gasteiger partial charge in [0.1, 0.15) is 0 Å². The smallest absolute Gasteiger partial charge is 0.0950 e. The van der Waals surface area contributed by atoms with Crippen molar-refractivity contribution in [1.82, 2.24) is 14.5 Å². The van der Waals surface area contributed by atoms with Gasteiger partial charge in [-0.25, -0.2) is 4.98 Å². The first-order chi connectivity index (χ1) is 8.90. The lowest BCUT2D eigenvalue weighted by Gasteiger charge is -2.06. The number of rotatable bonds is 4. The Hall–Kier alpha value is -2.03. The number of imidazole rings is 1. The van der Waals surface area contributed by atoms with Crippen molar-refractivity contribution in [3.63, 3.8) is 0 Å². The van der Waals surface area contributed by atoms with Gasteiger partial charge in [0.05, 0.1) is 18.2 Å². The Morgan fingerprint density at radius 1 is 1.28 bits per heavy atom. The van der Waals surface area contributed by atoms with E-state index in [1.54, 1.807) is 0 Å². The highest BCUT2D eigenvalue weighted by atomic mass is 15.0. The molecule has 3 rings (SSSR count). The number of aromatic amines is 1. The largest absolute Gasteiger partial charge is 0.360 e. The predicted molar refractivity (Wildman–Crippen MR) is 74.4 cm³/mol. The zero-order chi connectivity index (χ0) is 12.4. The number of benzene rings is 1. The quantitative estimate of drug-likeness (QED) is 0.737. The molecule has 0 aliphatic heterocycles. The van der Waals surface area contributed by atoms with E-state index in [0.29, 0.717) is 0 Å². The lowest BCUT2D eigenvalue weighted by atomic mass is 10.1. The van der Waals surface area contributed by atoms with Gasteiger partial charge >= 0.3 is 0 Å². The lowest BCUT2D eigenvalue weighted by molar-refractivity contribution is 0.636. The fraction of sp³-hybridized carbons (Fsp3) is 0.267. The molecule has 3 heteroatoms. The van der Waals surface area contributed by atoms with Crippen LogP contribution in [0.15, 0.2) is 43.0 Å². The Bertz CT molecular complexity index is 648. The van der Waals surface area contributed by atoms with Gasteiger partial charge < -0.3 is 9.55 Å². The second kappa shape index (κ2) is 4.69. The number of para-hydroxylation sites is 1. The minimum absolute atomic E-state index is 1.03. The predicted octanol–water partition coefficient (Wildman–Crippen LogP) is 3.83. The minimum atomic E-state index is 1.03. The molecule has 0 fully saturated rings. The van der Waals surface area contributed by atoms with Gasteiger partial charge in [-0.1, -0.05) is 31.5 Å². The van der Waals surface area contributed by atoms with Crippen LogP contribution in [0, 0.1) is 0 Å². The molecule has 0 atom stereocenters. The van der Waals surface area contributed by atoms with E-state index in [-0.39, 0.29) is 0 Å². The molecule has 2 aromatic heterocycles. The van der Waals surface area contributed by atoms with E-state index < -0.39 is 0 Å². The van der Waals surface area contributed by atoms with Crippen LogP contribution in [0.4, 0.5) is 0 Å². The van der Waals surface area contributed by atoms with E-state index in [1.807, 2.05) is 12.5 Å². The first-order valence-corrected chi connectivity index (χ1v) is 6.46. The topological polar surface area (TPSA) is 33.6 Å². The van der Waals surface area contributed by atoms with Crippen LogP contribution >= 0.6 is 0 Å². The van der Waals surface area contributed by atoms with Crippen LogP contribution in [0.3, 0.4) is 0 Å². The third kappa shape index (κ3) is 1.82. The summed E-state index contributed by atoms with van der Waals surface area (Å²) in [7, 11) is 0. The van der Waals surface area contributed by atoms with Crippen molar-refractivity contribution in [1.29, 1.82) is 0 Å². The molecule has 0 unspecified atom stereocenters. The third-order valence-electron chi connectivity index (χ3n) is 3.33. The van der Waals surface area contributed by atoms with Crippen molar-refractivity contribution in [2.45, 2.75) is 26.3 Å². The Morgan fingerprint density at radius 3 is 3.06 bits per heavy atom. The van der Waals surface area contributed by atoms with Gasteiger partial charge in [-0.3, -0.25) is 0 Å². The molecule has 92 valence electrons. The van der Waals surface area contributed by atoms with Crippen molar-refractivity contribution >= 4 is 10.9 Å². The number of hydrogen-bond acceptors (Lipinski definition) is 1. The van der Waals surface area contributed by atoms with Crippen LogP contribution in [-0.2, 0) is 6.54 Å². The van der Waals surface area contributed by atoms with Gasteiger partial charge in [0.25, 0.3) is 0 Å². The number of nitrogens with zero attached hydrogens (tertiary/aromatic N) is 2. The first kappa shape index (κ1) is 11.1. The normalized spacial score (nSPS) is 11.2. The van der Waals surface area contributed by atoms with Crippen molar-refractivity contribution in [2.75, 3.05) is 0 Å². The second-order valence-corrected chi connectivity index (χ2v) is 4.57. The van der Waals surface area contributed by atoms with Crippen LogP contribution in [0.5, 0.6) is 0 Å². The van der Waals surface area contributed by atoms with Gasteiger partial charge in [-0.05, 0) is 12.5 Å². The van der Waals surface area contributed by atoms with E-state index in [4.69, 9.17) is 0 Å². The zero-order valence-electron chi connectivity index (χ0n) is 10.6. The molecular weight excluding hydrogens is 222 g/mol. The number of fused-ring (bicyclic) bond motifs is 1. The molecule has 1 aromatic carbocycles. The number of aromatic nitrogens is 3. The van der Waals surface area contributed by atoms with E-state index in [9.17, 15) is 0 Å². The Kier molecular flexibility index (Phi) is 2.89. The van der Waals surface area contributed by atoms with Crippen LogP contribution in [-0.4, -0.2) is 14.5 Å². The van der Waals surface area contributed by atoms with Crippen LogP contribution in [0.2, 0.25) is 0 Å². The molecule has 3 nitrogen and oxygen atoms in total. The van der Waals surface area contributed by atoms with Gasteiger partial charge in [-0.2, -0.15) is 0 Å². The van der Waals surface area contributed by atoms with Gasteiger partial charge in [0.15, 0.2) is 0 Å². The average Bonchev–Trinajstić information content (AvgIpc) is 3.02. The Labute approximate surface area is 106 Å². The SMILES string of the molecule is CCCCn1cncc1-c1c[nH]c2ccccc12. The van der Waals surface area contributed by atoms with Crippen molar-refractivity contribution in [3.05, 3.63) is 43.0 Å². The highest BCUT2D eigenvalue weighted by Crippen LogP contribution is 2.28. The summed E-state index contributed by atoms with van der Waals surface area (Å²) in [5.41, 5.74) is 3.61. The zero-order valence-corrected chi connectivity index (χ0v) is 10.6. The fourth-order valence-electron chi connectivity index (χ4n) is 2.34. The van der Waals surface area contributed by atoms with Gasteiger partial charge in [0.2, 0.25) is 0 Å². The lowest BCUT2D eigenvalue weighted by Crippen LogP contribution is -1.97. The Balaban J connectivity index is 2.06. The molecule has 0 bridgehead atoms. The van der Waals surface area contributed by atoms with Crippen molar-refractivity contribution < 1.29 is 0 Å². The van der Waals surface area contributed by atoms with Crippen LogP contribution in [0.1, 0.15) is 19.8 Å². The molecule has 0 saturated heterocycles. The molecule has 0 aliphatic carbocycles. The number of hydrogen-bond donors (Lipinski definition) is 1. The molecule has 0 radical (unpaired) electrons. The number of nitrogens with one attached hydrogen (secondary N) is 1. The molecule has 0 aliphatic rings. The van der Waals surface area contributed by atoms with Crippen molar-refractivity contribution in [2.24, 2.45) is 0 Å². The van der Waals surface area contributed by atoms with E-state index in [0.717, 1.165) is 6.54 Å². The summed E-state index contributed by atoms with van der Waals surface area (Å²) in [5, 5.41) is 1.26. The van der Waals surface area contributed by atoms with Gasteiger partial charge in [-0.15, -0.1) is 0 Å². The number of unbranched alkanes of at least 4 members (excludes halogenated alkanes) is 1. The summed E-state index contributed by atoms with van der Waals surface area (Å²) >= 11 is 0. The molecule has 0 spiro atoms. The highest BCUT2D eigenvalue weighted by molar-refractivity contribution is 5.94. The average molecular weight is 239 g/mol. The van der Waals surface area contributed by atoms with E-state index >= 15 is 0 Å². The summed E-state index contributed by atoms with van der Waals surface area (Å²) in [6.07, 6.45) is 8.33. The summed E-state index contributed by atoms with van der Waals surface area (Å²) in [6, 6.07) is 8.38. The molecule has 2 heterocycles. The number of H-pyrrole nitrogens is 1. The van der Waals surface area contributed by atoms with Gasteiger partial charge in [0, 0.05) is 29.2 Å². The highest BCUT2D eigenvalue weighted by Gasteiger charge is 2.09. The molecule has 3 aromatic rings. The molecule has 18 heavy (non-hydrogen) atoms. The van der Waals surface area contributed by atoms with E-state index in [2.05, 4.69) is 51.9 Å². The maximum atomic E-state index is 4.29. The second-order valence-electron chi connectivity index (χ2n) is 4.57. The van der Waals surface area contributed by atoms with Crippen molar-refractivity contribution in [3.8, 4) is 11.3 Å². The molecule has 1 N–H and O–H groups in total. The maximum absolute atomic E-state index is 4.29. The molecule has 0 amide bonds. The monoisotopic (exact) mass is 239 g/mol. The third-order valence-corrected chi connectivity index (χ3v) is 3.33. The summed E-state index contributed by atoms with van der Waals surface area (Å²) < 4.78 is 2.24. The standard InChI is InChI=1S/C15H17N3/c1-2-3-8-18-11-16-10-15(18)13-9-17-14-7-5-4-6-12(13)14/h4-7,9-11,17H,2-3,8H2,1H3. The maximum Gasteiger partial charge on any atom is 0.0950 e. The number of aryl methyl sites for hydroxylation is 1. The van der Waals surface area contributed by atoms with Crippen LogP contribution in [0.25, 0.3) is 22.2 Å². The fourth-order valence-corrected chi connectivity index (χ4v) is 2.34. The minimum Gasteiger partial charge on any atom is -0.360 e. The molecule has 0 saturated carbocycles. The van der Waals surface area contributed by atoms with Crippen LogP contribution < -0.4 is 0 Å². The van der Waals surface area contributed by atoms with E-state index in [1.165, 1.54) is 35.0 Å². The molecular formula is C15H17N3. The summed E-state index contributed by atoms with van der Waals surface area (Å²) in [4.78, 5) is 7.61. The Morgan fingerprint density at radius 2 is 2.17 bits per heavy atom. The summed E-state index contributed by atoms with van der Waals surface area (Å²) in [6.45, 7) is 3.24. The first-order valence-electron chi connectivity index (χ1n) is 6.46. The summed E-state index contributed by atoms with van der Waals surface area (Å²) in [5.74, 6) is 0.